The van der Waals surface area contributed by atoms with Crippen LogP contribution < -0.4 is 4.74 Å². The maximum atomic E-state index is 12.5. The predicted molar refractivity (Wildman–Crippen MR) is 104 cm³/mol. The van der Waals surface area contributed by atoms with E-state index >= 15 is 0 Å². The quantitative estimate of drug-likeness (QED) is 0.483. The van der Waals surface area contributed by atoms with Crippen LogP contribution in [0.4, 0.5) is 0 Å². The van der Waals surface area contributed by atoms with E-state index in [1.807, 2.05) is 60.7 Å². The van der Waals surface area contributed by atoms with Gasteiger partial charge in [0.15, 0.2) is 0 Å². The Morgan fingerprint density at radius 2 is 1.37 bits per heavy atom. The molecule has 4 nitrogen and oxygen atoms in total. The van der Waals surface area contributed by atoms with Crippen LogP contribution in [-0.2, 0) is 0 Å². The van der Waals surface area contributed by atoms with Gasteiger partial charge < -0.3 is 4.74 Å². The van der Waals surface area contributed by atoms with Gasteiger partial charge in [0.1, 0.15) is 5.75 Å². The Morgan fingerprint density at radius 1 is 0.667 bits per heavy atom. The average Bonchev–Trinajstić information content (AvgIpc) is 2.75. The summed E-state index contributed by atoms with van der Waals surface area (Å²) in [5.74, 6) is 0.0237. The van der Waals surface area contributed by atoms with E-state index < -0.39 is 5.97 Å². The zero-order valence-corrected chi connectivity index (χ0v) is 14.4. The third kappa shape index (κ3) is 3.90. The van der Waals surface area contributed by atoms with E-state index in [2.05, 4.69) is 9.97 Å². The lowest BCUT2D eigenvalue weighted by Crippen LogP contribution is -2.08. The molecule has 0 radical (unpaired) electrons. The Balaban J connectivity index is 1.51. The van der Waals surface area contributed by atoms with Crippen LogP contribution in [0.3, 0.4) is 0 Å². The zero-order chi connectivity index (χ0) is 18.5. The summed E-state index contributed by atoms with van der Waals surface area (Å²) in [5.41, 5.74) is 4.02. The highest BCUT2D eigenvalue weighted by molar-refractivity contribution is 5.91. The third-order valence-corrected chi connectivity index (χ3v) is 4.10. The molecule has 0 amide bonds. The van der Waals surface area contributed by atoms with Crippen molar-refractivity contribution in [2.75, 3.05) is 0 Å². The first-order chi connectivity index (χ1) is 13.3. The van der Waals surface area contributed by atoms with Crippen LogP contribution >= 0.6 is 0 Å². The van der Waals surface area contributed by atoms with Crippen LogP contribution in [0.25, 0.3) is 22.5 Å². The maximum Gasteiger partial charge on any atom is 0.343 e. The summed E-state index contributed by atoms with van der Waals surface area (Å²) < 4.78 is 5.50. The molecule has 4 rings (SSSR count). The fraction of sp³-hybridized carbons (Fsp3) is 0. The van der Waals surface area contributed by atoms with E-state index in [1.165, 1.54) is 0 Å². The smallest absolute Gasteiger partial charge is 0.343 e. The number of pyridine rings is 2. The van der Waals surface area contributed by atoms with E-state index in [0.717, 1.165) is 16.8 Å². The molecular weight excluding hydrogens is 336 g/mol. The maximum absolute atomic E-state index is 12.5. The van der Waals surface area contributed by atoms with Crippen LogP contribution in [0.1, 0.15) is 10.4 Å². The highest BCUT2D eigenvalue weighted by atomic mass is 16.5. The fourth-order valence-electron chi connectivity index (χ4n) is 2.72. The number of hydrogen-bond acceptors (Lipinski definition) is 4. The molecular formula is C23H16N2O2. The highest BCUT2D eigenvalue weighted by Crippen LogP contribution is 2.22. The lowest BCUT2D eigenvalue weighted by molar-refractivity contribution is 0.0735. The van der Waals surface area contributed by atoms with Crippen molar-refractivity contribution in [2.45, 2.75) is 0 Å². The highest BCUT2D eigenvalue weighted by Gasteiger charge is 2.10. The molecule has 0 N–H and O–H groups in total. The summed E-state index contributed by atoms with van der Waals surface area (Å²) in [6, 6.07) is 26.3. The van der Waals surface area contributed by atoms with Crippen molar-refractivity contribution < 1.29 is 9.53 Å². The molecule has 4 heteroatoms. The second-order valence-electron chi connectivity index (χ2n) is 5.92. The number of nitrogens with zero attached hydrogens (tertiary/aromatic N) is 2. The predicted octanol–water partition coefficient (Wildman–Crippen LogP) is 5.03. The van der Waals surface area contributed by atoms with Gasteiger partial charge in [-0.05, 0) is 41.5 Å². The van der Waals surface area contributed by atoms with E-state index in [9.17, 15) is 4.79 Å². The summed E-state index contributed by atoms with van der Waals surface area (Å²) in [4.78, 5) is 21.0. The largest absolute Gasteiger partial charge is 0.423 e. The monoisotopic (exact) mass is 352 g/mol. The lowest BCUT2D eigenvalue weighted by Gasteiger charge is -2.07. The van der Waals surface area contributed by atoms with Gasteiger partial charge in [-0.1, -0.05) is 48.5 Å². The molecule has 0 unspecified atom stereocenters. The second-order valence-corrected chi connectivity index (χ2v) is 5.92. The van der Waals surface area contributed by atoms with Crippen molar-refractivity contribution in [1.29, 1.82) is 0 Å². The normalized spacial score (nSPS) is 10.4. The topological polar surface area (TPSA) is 52.1 Å². The molecule has 0 fully saturated rings. The minimum Gasteiger partial charge on any atom is -0.423 e. The molecule has 27 heavy (non-hydrogen) atoms. The Kier molecular flexibility index (Phi) is 4.70. The molecule has 0 bridgehead atoms. The molecule has 0 saturated carbocycles. The zero-order valence-electron chi connectivity index (χ0n) is 14.4. The number of esters is 1. The van der Waals surface area contributed by atoms with Gasteiger partial charge >= 0.3 is 5.97 Å². The van der Waals surface area contributed by atoms with Gasteiger partial charge in [-0.15, -0.1) is 0 Å². The molecule has 0 atom stereocenters. The van der Waals surface area contributed by atoms with Crippen LogP contribution in [0, 0.1) is 0 Å². The van der Waals surface area contributed by atoms with Crippen molar-refractivity contribution >= 4 is 5.97 Å². The average molecular weight is 352 g/mol. The Hall–Kier alpha value is -3.79. The molecule has 130 valence electrons. The molecule has 0 spiro atoms. The summed E-state index contributed by atoms with van der Waals surface area (Å²) in [6.45, 7) is 0. The van der Waals surface area contributed by atoms with Crippen molar-refractivity contribution in [3.05, 3.63) is 103 Å². The summed E-state index contributed by atoms with van der Waals surface area (Å²) >= 11 is 0. The minimum absolute atomic E-state index is 0.409. The number of aromatic nitrogens is 2. The minimum atomic E-state index is -0.409. The van der Waals surface area contributed by atoms with Crippen molar-refractivity contribution in [3.63, 3.8) is 0 Å². The summed E-state index contributed by atoms with van der Waals surface area (Å²) in [7, 11) is 0. The van der Waals surface area contributed by atoms with Crippen LogP contribution in [-0.4, -0.2) is 15.9 Å². The molecule has 2 aromatic heterocycles. The van der Waals surface area contributed by atoms with Gasteiger partial charge in [0, 0.05) is 18.5 Å². The molecule has 0 saturated heterocycles. The number of hydrogen-bond donors (Lipinski definition) is 0. The molecule has 0 aliphatic carbocycles. The van der Waals surface area contributed by atoms with E-state index in [4.69, 9.17) is 4.74 Å². The first-order valence-corrected chi connectivity index (χ1v) is 8.55. The van der Waals surface area contributed by atoms with Gasteiger partial charge in [0.2, 0.25) is 0 Å². The number of ether oxygens (including phenoxy) is 1. The molecule has 0 aliphatic heterocycles. The third-order valence-electron chi connectivity index (χ3n) is 4.10. The molecule has 2 heterocycles. The van der Waals surface area contributed by atoms with Gasteiger partial charge in [-0.3, -0.25) is 9.97 Å². The number of carbonyl (C=O) groups is 1. The Labute approximate surface area is 157 Å². The summed E-state index contributed by atoms with van der Waals surface area (Å²) in [6.07, 6.45) is 3.30. The van der Waals surface area contributed by atoms with Crippen molar-refractivity contribution in [3.8, 4) is 28.3 Å². The Bertz CT molecular complexity index is 1050. The molecule has 0 aliphatic rings. The van der Waals surface area contributed by atoms with E-state index in [1.54, 1.807) is 36.7 Å². The number of rotatable bonds is 4. The standard InChI is InChI=1S/C23H16N2O2/c26-23(19-11-9-18(10-12-19)17-6-2-1-3-7-17)27-20-13-15-25-22(16-20)21-8-4-5-14-24-21/h1-16H. The second kappa shape index (κ2) is 7.62. The van der Waals surface area contributed by atoms with Gasteiger partial charge in [-0.25, -0.2) is 4.79 Å². The SMILES string of the molecule is O=C(Oc1ccnc(-c2ccccn2)c1)c1ccc(-c2ccccc2)cc1. The summed E-state index contributed by atoms with van der Waals surface area (Å²) in [5, 5.41) is 0. The van der Waals surface area contributed by atoms with Gasteiger partial charge in [0.05, 0.1) is 17.0 Å². The fourth-order valence-corrected chi connectivity index (χ4v) is 2.72. The van der Waals surface area contributed by atoms with Crippen molar-refractivity contribution in [2.24, 2.45) is 0 Å². The number of carbonyl (C=O) groups excluding carboxylic acids is 1. The van der Waals surface area contributed by atoms with E-state index in [-0.39, 0.29) is 0 Å². The first kappa shape index (κ1) is 16.7. The van der Waals surface area contributed by atoms with Crippen LogP contribution in [0.5, 0.6) is 5.75 Å². The molecule has 2 aromatic carbocycles. The molecule has 4 aromatic rings. The number of benzene rings is 2. The van der Waals surface area contributed by atoms with Crippen molar-refractivity contribution in [1.82, 2.24) is 9.97 Å². The first-order valence-electron chi connectivity index (χ1n) is 8.55. The lowest BCUT2D eigenvalue weighted by atomic mass is 10.0. The van der Waals surface area contributed by atoms with Gasteiger partial charge in [0.25, 0.3) is 0 Å². The van der Waals surface area contributed by atoms with Crippen LogP contribution in [0.15, 0.2) is 97.3 Å². The van der Waals surface area contributed by atoms with Gasteiger partial charge in [-0.2, -0.15) is 0 Å². The Morgan fingerprint density at radius 3 is 2.11 bits per heavy atom. The van der Waals surface area contributed by atoms with Crippen LogP contribution in [0.2, 0.25) is 0 Å². The van der Waals surface area contributed by atoms with E-state index in [0.29, 0.717) is 17.0 Å².